The van der Waals surface area contributed by atoms with Crippen LogP contribution in [0.1, 0.15) is 12.5 Å². The number of fused-ring (bicyclic) bond motifs is 1. The van der Waals surface area contributed by atoms with E-state index in [-0.39, 0.29) is 12.2 Å². The van der Waals surface area contributed by atoms with Crippen LogP contribution in [0.3, 0.4) is 0 Å². The van der Waals surface area contributed by atoms with Gasteiger partial charge in [-0.2, -0.15) is 0 Å². The standard InChI is InChI=1S/C25H23FN4O2/c1-2-30(20-12-11-17-5-3-4-6-19(17)14-20)24-21(26)15-28-23(29-24)18-9-7-16(8-10-18)13-22(27)25(31)32/h3-12,14-15,22H,2,13,27H2,1H3,(H,31,32)/t22-/m0/s1. The maximum Gasteiger partial charge on any atom is 0.320 e. The van der Waals surface area contributed by atoms with E-state index in [4.69, 9.17) is 10.8 Å². The molecule has 7 heteroatoms. The van der Waals surface area contributed by atoms with Gasteiger partial charge < -0.3 is 15.7 Å². The highest BCUT2D eigenvalue weighted by molar-refractivity contribution is 5.86. The Hall–Kier alpha value is -3.84. The Bertz CT molecular complexity index is 1260. The van der Waals surface area contributed by atoms with Crippen molar-refractivity contribution in [1.82, 2.24) is 9.97 Å². The fraction of sp³-hybridized carbons (Fsp3) is 0.160. The lowest BCUT2D eigenvalue weighted by molar-refractivity contribution is -0.138. The lowest BCUT2D eigenvalue weighted by atomic mass is 10.0. The average Bonchev–Trinajstić information content (AvgIpc) is 2.81. The largest absolute Gasteiger partial charge is 0.480 e. The van der Waals surface area contributed by atoms with Crippen LogP contribution in [0.15, 0.2) is 72.9 Å². The monoisotopic (exact) mass is 430 g/mol. The third kappa shape index (κ3) is 4.43. The molecular weight excluding hydrogens is 407 g/mol. The fourth-order valence-corrected chi connectivity index (χ4v) is 3.62. The van der Waals surface area contributed by atoms with Crippen LogP contribution in [-0.2, 0) is 11.2 Å². The van der Waals surface area contributed by atoms with Gasteiger partial charge in [-0.05, 0) is 41.8 Å². The molecule has 162 valence electrons. The number of benzene rings is 3. The molecule has 32 heavy (non-hydrogen) atoms. The van der Waals surface area contributed by atoms with Gasteiger partial charge in [0.15, 0.2) is 17.5 Å². The zero-order valence-electron chi connectivity index (χ0n) is 17.6. The van der Waals surface area contributed by atoms with E-state index in [0.29, 0.717) is 17.9 Å². The van der Waals surface area contributed by atoms with E-state index in [1.165, 1.54) is 6.20 Å². The van der Waals surface area contributed by atoms with Gasteiger partial charge >= 0.3 is 5.97 Å². The number of nitrogens with two attached hydrogens (primary N) is 1. The molecule has 0 amide bonds. The number of hydrogen-bond acceptors (Lipinski definition) is 5. The summed E-state index contributed by atoms with van der Waals surface area (Å²) in [6.07, 6.45) is 1.40. The molecule has 0 spiro atoms. The summed E-state index contributed by atoms with van der Waals surface area (Å²) < 4.78 is 14.8. The number of carboxylic acids is 1. The first kappa shape index (κ1) is 21.4. The minimum atomic E-state index is -1.05. The highest BCUT2D eigenvalue weighted by atomic mass is 19.1. The second-order valence-corrected chi connectivity index (χ2v) is 7.49. The molecule has 1 aromatic heterocycles. The van der Waals surface area contributed by atoms with Crippen molar-refractivity contribution in [3.8, 4) is 11.4 Å². The molecule has 6 nitrogen and oxygen atoms in total. The first-order valence-electron chi connectivity index (χ1n) is 10.3. The molecule has 0 aliphatic carbocycles. The first-order chi connectivity index (χ1) is 15.5. The average molecular weight is 430 g/mol. The molecule has 0 aliphatic rings. The van der Waals surface area contributed by atoms with Gasteiger partial charge in [-0.3, -0.25) is 4.79 Å². The zero-order chi connectivity index (χ0) is 22.7. The van der Waals surface area contributed by atoms with Crippen molar-refractivity contribution in [2.24, 2.45) is 5.73 Å². The van der Waals surface area contributed by atoms with E-state index >= 15 is 0 Å². The molecule has 0 unspecified atom stereocenters. The Morgan fingerprint density at radius 1 is 1.09 bits per heavy atom. The molecular formula is C25H23FN4O2. The second kappa shape index (κ2) is 9.11. The minimum Gasteiger partial charge on any atom is -0.480 e. The summed E-state index contributed by atoms with van der Waals surface area (Å²) in [6, 6.07) is 20.2. The van der Waals surface area contributed by atoms with Crippen molar-refractivity contribution in [3.05, 3.63) is 84.3 Å². The van der Waals surface area contributed by atoms with E-state index in [0.717, 1.165) is 22.0 Å². The fourth-order valence-electron chi connectivity index (χ4n) is 3.62. The van der Waals surface area contributed by atoms with Crippen molar-refractivity contribution in [2.45, 2.75) is 19.4 Å². The predicted octanol–water partition coefficient (Wildman–Crippen LogP) is 4.55. The summed E-state index contributed by atoms with van der Waals surface area (Å²) in [5, 5.41) is 11.1. The van der Waals surface area contributed by atoms with Crippen LogP contribution in [0.4, 0.5) is 15.9 Å². The van der Waals surface area contributed by atoms with E-state index in [2.05, 4.69) is 9.97 Å². The molecule has 0 fully saturated rings. The summed E-state index contributed by atoms with van der Waals surface area (Å²) in [7, 11) is 0. The van der Waals surface area contributed by atoms with Crippen molar-refractivity contribution < 1.29 is 14.3 Å². The first-order valence-corrected chi connectivity index (χ1v) is 10.3. The highest BCUT2D eigenvalue weighted by Crippen LogP contribution is 2.30. The number of carboxylic acid groups (broad SMARTS) is 1. The van der Waals surface area contributed by atoms with E-state index < -0.39 is 17.8 Å². The summed E-state index contributed by atoms with van der Waals surface area (Å²) in [4.78, 5) is 21.4. The van der Waals surface area contributed by atoms with Gasteiger partial charge in [0.2, 0.25) is 0 Å². The maximum absolute atomic E-state index is 14.8. The highest BCUT2D eigenvalue weighted by Gasteiger charge is 2.17. The molecule has 0 saturated carbocycles. The third-order valence-electron chi connectivity index (χ3n) is 5.33. The van der Waals surface area contributed by atoms with Crippen molar-refractivity contribution >= 4 is 28.2 Å². The van der Waals surface area contributed by atoms with Crippen LogP contribution in [0, 0.1) is 5.82 Å². The van der Waals surface area contributed by atoms with Crippen molar-refractivity contribution in [2.75, 3.05) is 11.4 Å². The molecule has 4 rings (SSSR count). The minimum absolute atomic E-state index is 0.199. The number of carbonyl (C=O) groups is 1. The van der Waals surface area contributed by atoms with Crippen LogP contribution in [0.25, 0.3) is 22.2 Å². The lowest BCUT2D eigenvalue weighted by Gasteiger charge is -2.23. The van der Waals surface area contributed by atoms with Gasteiger partial charge in [-0.1, -0.05) is 54.6 Å². The number of aromatic nitrogens is 2. The maximum atomic E-state index is 14.8. The van der Waals surface area contributed by atoms with Gasteiger partial charge in [-0.15, -0.1) is 0 Å². The van der Waals surface area contributed by atoms with Crippen LogP contribution in [0.2, 0.25) is 0 Å². The third-order valence-corrected chi connectivity index (χ3v) is 5.33. The topological polar surface area (TPSA) is 92.3 Å². The van der Waals surface area contributed by atoms with Gasteiger partial charge in [-0.25, -0.2) is 14.4 Å². The molecule has 0 radical (unpaired) electrons. The molecule has 3 aromatic carbocycles. The van der Waals surface area contributed by atoms with E-state index in [9.17, 15) is 9.18 Å². The van der Waals surface area contributed by atoms with E-state index in [1.54, 1.807) is 24.3 Å². The number of aliphatic carboxylic acids is 1. The number of halogens is 1. The van der Waals surface area contributed by atoms with E-state index in [1.807, 2.05) is 54.3 Å². The van der Waals surface area contributed by atoms with Gasteiger partial charge in [0.25, 0.3) is 0 Å². The number of anilines is 2. The van der Waals surface area contributed by atoms with Crippen molar-refractivity contribution in [1.29, 1.82) is 0 Å². The summed E-state index contributed by atoms with van der Waals surface area (Å²) in [6.45, 7) is 2.47. The van der Waals surface area contributed by atoms with Gasteiger partial charge in [0.1, 0.15) is 6.04 Å². The van der Waals surface area contributed by atoms with Gasteiger partial charge in [0.05, 0.1) is 6.20 Å². The van der Waals surface area contributed by atoms with Crippen molar-refractivity contribution in [3.63, 3.8) is 0 Å². The Kier molecular flexibility index (Phi) is 6.09. The SMILES string of the molecule is CCN(c1ccc2ccccc2c1)c1nc(-c2ccc(C[C@H](N)C(=O)O)cc2)ncc1F. The quantitative estimate of drug-likeness (QED) is 0.447. The molecule has 1 heterocycles. The normalized spacial score (nSPS) is 12.0. The van der Waals surface area contributed by atoms with Crippen LogP contribution < -0.4 is 10.6 Å². The van der Waals surface area contributed by atoms with Crippen LogP contribution >= 0.6 is 0 Å². The number of hydrogen-bond donors (Lipinski definition) is 2. The second-order valence-electron chi connectivity index (χ2n) is 7.49. The Balaban J connectivity index is 1.66. The predicted molar refractivity (Wildman–Crippen MR) is 123 cm³/mol. The molecule has 0 aliphatic heterocycles. The molecule has 4 aromatic rings. The van der Waals surface area contributed by atoms with Crippen LogP contribution in [0.5, 0.6) is 0 Å². The smallest absolute Gasteiger partial charge is 0.320 e. The molecule has 1 atom stereocenters. The summed E-state index contributed by atoms with van der Waals surface area (Å²) >= 11 is 0. The zero-order valence-corrected chi connectivity index (χ0v) is 17.6. The Labute approximate surface area is 185 Å². The lowest BCUT2D eigenvalue weighted by Crippen LogP contribution is -2.32. The number of rotatable bonds is 7. The Morgan fingerprint density at radius 2 is 1.81 bits per heavy atom. The molecule has 0 saturated heterocycles. The molecule has 0 bridgehead atoms. The summed E-state index contributed by atoms with van der Waals surface area (Å²) in [5.74, 6) is -0.971. The summed E-state index contributed by atoms with van der Waals surface area (Å²) in [5.41, 5.74) is 7.93. The molecule has 3 N–H and O–H groups in total. The Morgan fingerprint density at radius 3 is 2.50 bits per heavy atom. The van der Waals surface area contributed by atoms with Crippen LogP contribution in [-0.4, -0.2) is 33.6 Å². The van der Waals surface area contributed by atoms with Gasteiger partial charge in [0, 0.05) is 17.8 Å². The number of nitrogens with zero attached hydrogens (tertiary/aromatic N) is 3.